The quantitative estimate of drug-likeness (QED) is 0.397. The highest BCUT2D eigenvalue weighted by atomic mass is 32.1. The maximum absolute atomic E-state index is 12.5. The molecule has 0 fully saturated rings. The number of aryl methyl sites for hydroxylation is 1. The van der Waals surface area contributed by atoms with Gasteiger partial charge in [-0.05, 0) is 56.7 Å². The van der Waals surface area contributed by atoms with Gasteiger partial charge in [-0.2, -0.15) is 0 Å². The molecule has 0 aliphatic heterocycles. The van der Waals surface area contributed by atoms with Crippen molar-refractivity contribution in [2.45, 2.75) is 40.0 Å². The Bertz CT molecular complexity index is 984. The zero-order valence-corrected chi connectivity index (χ0v) is 18.0. The fraction of sp³-hybridized carbons (Fsp3) is 0.429. The Morgan fingerprint density at radius 1 is 1.37 bits per heavy atom. The summed E-state index contributed by atoms with van der Waals surface area (Å²) in [4.78, 5) is 36.5. The van der Waals surface area contributed by atoms with Crippen LogP contribution in [0, 0.1) is 23.0 Å². The molecule has 1 heterocycles. The Labute approximate surface area is 178 Å². The summed E-state index contributed by atoms with van der Waals surface area (Å²) >= 11 is 1.41. The molecule has 1 aliphatic rings. The fourth-order valence-corrected chi connectivity index (χ4v) is 4.91. The molecule has 0 spiro atoms. The summed E-state index contributed by atoms with van der Waals surface area (Å²) in [6.45, 7) is 5.50. The highest BCUT2D eigenvalue weighted by molar-refractivity contribution is 7.17. The molecule has 1 atom stereocenters. The predicted molar refractivity (Wildman–Crippen MR) is 113 cm³/mol. The molecule has 0 saturated carbocycles. The van der Waals surface area contributed by atoms with E-state index in [0.29, 0.717) is 27.8 Å². The molecule has 9 heteroatoms. The van der Waals surface area contributed by atoms with Gasteiger partial charge in [-0.15, -0.1) is 11.3 Å². The number of nitrogens with zero attached hydrogens (tertiary/aromatic N) is 1. The highest BCUT2D eigenvalue weighted by Gasteiger charge is 2.29. The van der Waals surface area contributed by atoms with Gasteiger partial charge in [0.05, 0.1) is 17.1 Å². The molecule has 1 N–H and O–H groups in total. The van der Waals surface area contributed by atoms with E-state index in [1.165, 1.54) is 29.5 Å². The monoisotopic (exact) mass is 432 g/mol. The van der Waals surface area contributed by atoms with Crippen molar-refractivity contribution in [2.75, 3.05) is 18.5 Å². The number of nitrogens with one attached hydrogen (secondary N) is 1. The molecule has 0 bridgehead atoms. The van der Waals surface area contributed by atoms with E-state index in [1.54, 1.807) is 13.8 Å². The minimum absolute atomic E-state index is 0.00993. The highest BCUT2D eigenvalue weighted by Crippen LogP contribution is 2.40. The molecular formula is C21H24N2O6S. The molecule has 30 heavy (non-hydrogen) atoms. The Kier molecular flexibility index (Phi) is 6.71. The molecule has 0 radical (unpaired) electrons. The van der Waals surface area contributed by atoms with Gasteiger partial charge in [0, 0.05) is 16.5 Å². The number of nitro groups is 1. The Morgan fingerprint density at radius 3 is 2.80 bits per heavy atom. The van der Waals surface area contributed by atoms with E-state index in [0.717, 1.165) is 29.7 Å². The van der Waals surface area contributed by atoms with Crippen molar-refractivity contribution in [3.05, 3.63) is 49.9 Å². The first kappa shape index (κ1) is 21.8. The second-order valence-electron chi connectivity index (χ2n) is 7.32. The number of carbonyl (C=O) groups excluding carboxylic acids is 2. The van der Waals surface area contributed by atoms with Crippen LogP contribution in [0.2, 0.25) is 0 Å². The van der Waals surface area contributed by atoms with E-state index in [9.17, 15) is 19.7 Å². The Balaban J connectivity index is 1.72. The van der Waals surface area contributed by atoms with Crippen molar-refractivity contribution in [3.63, 3.8) is 0 Å². The first-order valence-corrected chi connectivity index (χ1v) is 10.6. The summed E-state index contributed by atoms with van der Waals surface area (Å²) < 4.78 is 10.7. The van der Waals surface area contributed by atoms with E-state index >= 15 is 0 Å². The molecule has 1 aliphatic carbocycles. The van der Waals surface area contributed by atoms with Gasteiger partial charge >= 0.3 is 5.97 Å². The van der Waals surface area contributed by atoms with Gasteiger partial charge in [-0.3, -0.25) is 14.9 Å². The number of anilines is 1. The van der Waals surface area contributed by atoms with Gasteiger partial charge in [-0.25, -0.2) is 4.79 Å². The van der Waals surface area contributed by atoms with Gasteiger partial charge in [0.2, 0.25) is 0 Å². The number of thiophene rings is 1. The van der Waals surface area contributed by atoms with Crippen molar-refractivity contribution in [2.24, 2.45) is 5.92 Å². The van der Waals surface area contributed by atoms with Gasteiger partial charge in [0.15, 0.2) is 6.61 Å². The molecule has 2 aromatic rings. The molecule has 0 unspecified atom stereocenters. The van der Waals surface area contributed by atoms with Crippen molar-refractivity contribution in [1.29, 1.82) is 0 Å². The second-order valence-corrected chi connectivity index (χ2v) is 8.42. The largest absolute Gasteiger partial charge is 0.484 e. The molecule has 3 rings (SSSR count). The fourth-order valence-electron chi connectivity index (χ4n) is 3.49. The minimum atomic E-state index is -0.470. The van der Waals surface area contributed by atoms with Crippen LogP contribution in [0.15, 0.2) is 18.2 Å². The normalized spacial score (nSPS) is 15.2. The third-order valence-corrected chi connectivity index (χ3v) is 6.15. The average Bonchev–Trinajstić information content (AvgIpc) is 3.03. The van der Waals surface area contributed by atoms with Gasteiger partial charge in [0.25, 0.3) is 11.6 Å². The van der Waals surface area contributed by atoms with Crippen LogP contribution in [-0.2, 0) is 22.4 Å². The molecule has 8 nitrogen and oxygen atoms in total. The van der Waals surface area contributed by atoms with Crippen molar-refractivity contribution >= 4 is 33.9 Å². The molecule has 1 amide bonds. The topological polar surface area (TPSA) is 108 Å². The molecule has 0 saturated heterocycles. The lowest BCUT2D eigenvalue weighted by Gasteiger charge is -2.18. The lowest BCUT2D eigenvalue weighted by atomic mass is 9.88. The van der Waals surface area contributed by atoms with E-state index in [-0.39, 0.29) is 18.9 Å². The SMILES string of the molecule is CCOC(=O)c1c(NC(=O)COc2ccc([N+](=O)[O-])c(C)c2)sc2c1CC[C@H](C)C2. The van der Waals surface area contributed by atoms with Crippen LogP contribution < -0.4 is 10.1 Å². The van der Waals surface area contributed by atoms with E-state index in [4.69, 9.17) is 9.47 Å². The van der Waals surface area contributed by atoms with Gasteiger partial charge < -0.3 is 14.8 Å². The van der Waals surface area contributed by atoms with Crippen LogP contribution in [0.4, 0.5) is 10.7 Å². The zero-order valence-electron chi connectivity index (χ0n) is 17.1. The maximum Gasteiger partial charge on any atom is 0.341 e. The average molecular weight is 432 g/mol. The second kappa shape index (κ2) is 9.25. The van der Waals surface area contributed by atoms with Crippen LogP contribution in [0.1, 0.15) is 46.6 Å². The van der Waals surface area contributed by atoms with Crippen LogP contribution in [0.25, 0.3) is 0 Å². The number of nitro benzene ring substituents is 1. The van der Waals surface area contributed by atoms with Gasteiger partial charge in [0.1, 0.15) is 10.8 Å². The number of esters is 1. The number of benzene rings is 1. The summed E-state index contributed by atoms with van der Waals surface area (Å²) in [5.74, 6) is 0.0524. The van der Waals surface area contributed by atoms with Crippen LogP contribution in [0.5, 0.6) is 5.75 Å². The van der Waals surface area contributed by atoms with Crippen molar-refractivity contribution in [1.82, 2.24) is 0 Å². The number of amides is 1. The van der Waals surface area contributed by atoms with Crippen LogP contribution >= 0.6 is 11.3 Å². The minimum Gasteiger partial charge on any atom is -0.484 e. The van der Waals surface area contributed by atoms with E-state index in [1.807, 2.05) is 0 Å². The van der Waals surface area contributed by atoms with E-state index < -0.39 is 16.8 Å². The van der Waals surface area contributed by atoms with Gasteiger partial charge in [-0.1, -0.05) is 6.92 Å². The van der Waals surface area contributed by atoms with Crippen molar-refractivity contribution < 1.29 is 24.0 Å². The van der Waals surface area contributed by atoms with Crippen LogP contribution in [-0.4, -0.2) is 30.0 Å². The maximum atomic E-state index is 12.5. The number of rotatable bonds is 7. The van der Waals surface area contributed by atoms with Crippen molar-refractivity contribution in [3.8, 4) is 5.75 Å². The molecular weight excluding hydrogens is 408 g/mol. The Hall–Kier alpha value is -2.94. The summed E-state index contributed by atoms with van der Waals surface area (Å²) in [5, 5.41) is 14.2. The third-order valence-electron chi connectivity index (χ3n) is 4.98. The smallest absolute Gasteiger partial charge is 0.341 e. The lowest BCUT2D eigenvalue weighted by Crippen LogP contribution is -2.21. The first-order chi connectivity index (χ1) is 14.3. The molecule has 160 valence electrons. The number of ether oxygens (including phenoxy) is 2. The molecule has 1 aromatic heterocycles. The Morgan fingerprint density at radius 2 is 2.13 bits per heavy atom. The van der Waals surface area contributed by atoms with E-state index in [2.05, 4.69) is 12.2 Å². The molecule has 1 aromatic carbocycles. The third kappa shape index (κ3) is 4.79. The first-order valence-electron chi connectivity index (χ1n) is 9.79. The number of hydrogen-bond donors (Lipinski definition) is 1. The number of carbonyl (C=O) groups is 2. The zero-order chi connectivity index (χ0) is 21.8. The lowest BCUT2D eigenvalue weighted by molar-refractivity contribution is -0.385. The standard InChI is InChI=1S/C21H24N2O6S/c1-4-28-21(25)19-15-7-5-12(2)9-17(15)30-20(19)22-18(24)11-29-14-6-8-16(23(26)27)13(3)10-14/h6,8,10,12H,4-5,7,9,11H2,1-3H3,(H,22,24)/t12-/m0/s1. The predicted octanol–water partition coefficient (Wildman–Crippen LogP) is 4.28. The summed E-state index contributed by atoms with van der Waals surface area (Å²) in [6, 6.07) is 4.31. The summed E-state index contributed by atoms with van der Waals surface area (Å²) in [6.07, 6.45) is 2.66. The summed E-state index contributed by atoms with van der Waals surface area (Å²) in [7, 11) is 0. The van der Waals surface area contributed by atoms with Crippen LogP contribution in [0.3, 0.4) is 0 Å². The number of fused-ring (bicyclic) bond motifs is 1. The summed E-state index contributed by atoms with van der Waals surface area (Å²) in [5.41, 5.74) is 1.86. The number of hydrogen-bond acceptors (Lipinski definition) is 7.